The van der Waals surface area contributed by atoms with Gasteiger partial charge in [0.1, 0.15) is 0 Å². The molecule has 0 bridgehead atoms. The van der Waals surface area contributed by atoms with Gasteiger partial charge < -0.3 is 10.4 Å². The van der Waals surface area contributed by atoms with Crippen LogP contribution in [0.4, 0.5) is 4.79 Å². The number of rotatable bonds is 4. The topological polar surface area (TPSA) is 117 Å². The molecule has 0 aliphatic carbocycles. The number of carboxylic acids is 1. The van der Waals surface area contributed by atoms with E-state index in [1.807, 2.05) is 0 Å². The normalized spacial score (nSPS) is 15.2. The highest BCUT2D eigenvalue weighted by Gasteiger charge is 2.27. The van der Waals surface area contributed by atoms with Crippen molar-refractivity contribution in [3.8, 4) is 0 Å². The van der Waals surface area contributed by atoms with Crippen molar-refractivity contribution in [2.24, 2.45) is 0 Å². The lowest BCUT2D eigenvalue weighted by Gasteiger charge is -2.11. The molecule has 0 unspecified atom stereocenters. The zero-order chi connectivity index (χ0) is 12.4. The number of amides is 3. The van der Waals surface area contributed by atoms with Gasteiger partial charge in [-0.3, -0.25) is 9.69 Å². The molecule has 1 aromatic heterocycles. The summed E-state index contributed by atoms with van der Waals surface area (Å²) in [7, 11) is 0. The summed E-state index contributed by atoms with van der Waals surface area (Å²) in [6.07, 6.45) is 1.24. The van der Waals surface area contributed by atoms with Crippen molar-refractivity contribution in [3.63, 3.8) is 0 Å². The Balaban J connectivity index is 1.95. The van der Waals surface area contributed by atoms with Crippen molar-refractivity contribution < 1.29 is 19.5 Å². The summed E-state index contributed by atoms with van der Waals surface area (Å²) in [5.74, 6) is -1.49. The van der Waals surface area contributed by atoms with Crippen LogP contribution in [0.15, 0.2) is 6.20 Å². The van der Waals surface area contributed by atoms with E-state index in [0.717, 1.165) is 4.90 Å². The molecule has 1 aromatic rings. The highest BCUT2D eigenvalue weighted by atomic mass is 16.4. The lowest BCUT2D eigenvalue weighted by Crippen LogP contribution is -2.33. The molecule has 2 rings (SSSR count). The zero-order valence-electron chi connectivity index (χ0n) is 8.66. The Morgan fingerprint density at radius 2 is 2.24 bits per heavy atom. The van der Waals surface area contributed by atoms with Crippen LogP contribution < -0.4 is 5.32 Å². The quantitative estimate of drug-likeness (QED) is 0.619. The molecule has 17 heavy (non-hydrogen) atoms. The van der Waals surface area contributed by atoms with E-state index in [9.17, 15) is 14.4 Å². The molecule has 0 aromatic carbocycles. The molecule has 1 fully saturated rings. The fourth-order valence-electron chi connectivity index (χ4n) is 1.39. The average Bonchev–Trinajstić information content (AvgIpc) is 2.85. The highest BCUT2D eigenvalue weighted by molar-refractivity contribution is 6.01. The Bertz CT molecular complexity index is 466. The number of imide groups is 1. The molecule has 0 saturated carbocycles. The third kappa shape index (κ3) is 2.22. The minimum Gasteiger partial charge on any atom is -0.476 e. The van der Waals surface area contributed by atoms with E-state index in [-0.39, 0.29) is 31.2 Å². The molecular formula is C8H9N5O4. The maximum Gasteiger partial charge on any atom is 0.358 e. The van der Waals surface area contributed by atoms with Crippen LogP contribution in [-0.4, -0.2) is 56.0 Å². The number of hydrogen-bond donors (Lipinski definition) is 2. The molecule has 90 valence electrons. The van der Waals surface area contributed by atoms with Crippen molar-refractivity contribution in [2.45, 2.75) is 6.54 Å². The Hall–Kier alpha value is -2.45. The van der Waals surface area contributed by atoms with Gasteiger partial charge in [-0.1, -0.05) is 5.21 Å². The summed E-state index contributed by atoms with van der Waals surface area (Å²) in [5, 5.41) is 18.0. The van der Waals surface area contributed by atoms with Gasteiger partial charge in [0.05, 0.1) is 25.8 Å². The Morgan fingerprint density at radius 1 is 1.47 bits per heavy atom. The van der Waals surface area contributed by atoms with E-state index in [1.165, 1.54) is 10.9 Å². The molecule has 9 nitrogen and oxygen atoms in total. The molecular weight excluding hydrogens is 230 g/mol. The second-order valence-corrected chi connectivity index (χ2v) is 3.38. The van der Waals surface area contributed by atoms with E-state index >= 15 is 0 Å². The molecule has 0 spiro atoms. The van der Waals surface area contributed by atoms with Gasteiger partial charge in [0, 0.05) is 0 Å². The number of carbonyl (C=O) groups is 3. The van der Waals surface area contributed by atoms with Gasteiger partial charge in [-0.15, -0.1) is 5.10 Å². The third-order valence-corrected chi connectivity index (χ3v) is 2.25. The van der Waals surface area contributed by atoms with Gasteiger partial charge >= 0.3 is 12.0 Å². The fraction of sp³-hybridized carbons (Fsp3) is 0.375. The number of urea groups is 1. The maximum atomic E-state index is 11.2. The van der Waals surface area contributed by atoms with E-state index in [0.29, 0.717) is 0 Å². The molecule has 9 heteroatoms. The first-order valence-electron chi connectivity index (χ1n) is 4.79. The van der Waals surface area contributed by atoms with Crippen molar-refractivity contribution in [2.75, 3.05) is 13.1 Å². The number of carbonyl (C=O) groups excluding carboxylic acids is 2. The number of carboxylic acid groups (broad SMARTS) is 1. The first-order chi connectivity index (χ1) is 8.08. The van der Waals surface area contributed by atoms with Crippen LogP contribution >= 0.6 is 0 Å². The summed E-state index contributed by atoms with van der Waals surface area (Å²) in [6, 6.07) is -0.450. The van der Waals surface area contributed by atoms with Gasteiger partial charge in [0.25, 0.3) is 0 Å². The summed E-state index contributed by atoms with van der Waals surface area (Å²) in [4.78, 5) is 34.0. The summed E-state index contributed by atoms with van der Waals surface area (Å²) in [5.41, 5.74) is -0.179. The van der Waals surface area contributed by atoms with E-state index in [4.69, 9.17) is 5.11 Å². The van der Waals surface area contributed by atoms with Crippen molar-refractivity contribution >= 4 is 17.9 Å². The number of nitrogens with one attached hydrogen (secondary N) is 1. The number of nitrogens with zero attached hydrogens (tertiary/aromatic N) is 4. The summed E-state index contributed by atoms with van der Waals surface area (Å²) < 4.78 is 1.27. The van der Waals surface area contributed by atoms with Crippen LogP contribution in [0.3, 0.4) is 0 Å². The van der Waals surface area contributed by atoms with Crippen molar-refractivity contribution in [1.29, 1.82) is 0 Å². The van der Waals surface area contributed by atoms with Crippen LogP contribution in [0.1, 0.15) is 10.5 Å². The molecule has 1 saturated heterocycles. The smallest absolute Gasteiger partial charge is 0.358 e. The van der Waals surface area contributed by atoms with E-state index in [2.05, 4.69) is 15.6 Å². The summed E-state index contributed by atoms with van der Waals surface area (Å²) >= 11 is 0. The zero-order valence-corrected chi connectivity index (χ0v) is 8.66. The van der Waals surface area contributed by atoms with E-state index in [1.54, 1.807) is 0 Å². The first kappa shape index (κ1) is 11.0. The Kier molecular flexibility index (Phi) is 2.73. The molecule has 1 aliphatic rings. The lowest BCUT2D eigenvalue weighted by molar-refractivity contribution is -0.125. The first-order valence-corrected chi connectivity index (χ1v) is 4.79. The second-order valence-electron chi connectivity index (χ2n) is 3.38. The van der Waals surface area contributed by atoms with Crippen molar-refractivity contribution in [1.82, 2.24) is 25.2 Å². The monoisotopic (exact) mass is 239 g/mol. The average molecular weight is 239 g/mol. The minimum atomic E-state index is -1.17. The van der Waals surface area contributed by atoms with Crippen LogP contribution in [-0.2, 0) is 11.3 Å². The van der Waals surface area contributed by atoms with Crippen LogP contribution in [0.25, 0.3) is 0 Å². The van der Waals surface area contributed by atoms with Gasteiger partial charge in [-0.05, 0) is 0 Å². The Labute approximate surface area is 95.0 Å². The number of aromatic nitrogens is 3. The SMILES string of the molecule is O=C(O)c1cn(CCN2C(=O)CNC2=O)nn1. The summed E-state index contributed by atoms with van der Waals surface area (Å²) in [6.45, 7) is 0.336. The lowest BCUT2D eigenvalue weighted by atomic mass is 10.5. The van der Waals surface area contributed by atoms with Gasteiger partial charge in [-0.25, -0.2) is 14.3 Å². The Morgan fingerprint density at radius 3 is 2.76 bits per heavy atom. The molecule has 0 radical (unpaired) electrons. The third-order valence-electron chi connectivity index (χ3n) is 2.25. The van der Waals surface area contributed by atoms with Gasteiger partial charge in [0.15, 0.2) is 5.69 Å². The number of hydrogen-bond acceptors (Lipinski definition) is 5. The predicted molar refractivity (Wildman–Crippen MR) is 52.1 cm³/mol. The van der Waals surface area contributed by atoms with Crippen molar-refractivity contribution in [3.05, 3.63) is 11.9 Å². The fourth-order valence-corrected chi connectivity index (χ4v) is 1.39. The minimum absolute atomic E-state index is 0.00341. The van der Waals surface area contributed by atoms with Crippen LogP contribution in [0.2, 0.25) is 0 Å². The largest absolute Gasteiger partial charge is 0.476 e. The molecule has 0 atom stereocenters. The van der Waals surface area contributed by atoms with Gasteiger partial charge in [0.2, 0.25) is 5.91 Å². The predicted octanol–water partition coefficient (Wildman–Crippen LogP) is -1.47. The van der Waals surface area contributed by atoms with E-state index < -0.39 is 12.0 Å². The van der Waals surface area contributed by atoms with Crippen LogP contribution in [0.5, 0.6) is 0 Å². The molecule has 2 heterocycles. The second kappa shape index (κ2) is 4.20. The van der Waals surface area contributed by atoms with Crippen LogP contribution in [0, 0.1) is 0 Å². The highest BCUT2D eigenvalue weighted by Crippen LogP contribution is 2.00. The van der Waals surface area contributed by atoms with Gasteiger partial charge in [-0.2, -0.15) is 0 Å². The number of aromatic carboxylic acids is 1. The standard InChI is InChI=1S/C8H9N5O4/c14-6-3-9-8(17)13(6)2-1-12-4-5(7(15)16)10-11-12/h4H,1-3H2,(H,9,17)(H,15,16). The maximum absolute atomic E-state index is 11.2. The molecule has 2 N–H and O–H groups in total. The molecule has 1 aliphatic heterocycles. The molecule has 3 amide bonds.